The summed E-state index contributed by atoms with van der Waals surface area (Å²) in [6, 6.07) is 6.27. The lowest BCUT2D eigenvalue weighted by atomic mass is 10.0. The predicted molar refractivity (Wildman–Crippen MR) is 122 cm³/mol. The lowest BCUT2D eigenvalue weighted by molar-refractivity contribution is -0.135. The van der Waals surface area contributed by atoms with Gasteiger partial charge in [-0.25, -0.2) is 9.67 Å². The highest BCUT2D eigenvalue weighted by Crippen LogP contribution is 2.34. The molecule has 0 bridgehead atoms. The van der Waals surface area contributed by atoms with Crippen molar-refractivity contribution in [3.63, 3.8) is 0 Å². The van der Waals surface area contributed by atoms with Gasteiger partial charge < -0.3 is 4.90 Å². The molecule has 2 atom stereocenters. The van der Waals surface area contributed by atoms with Gasteiger partial charge in [0.1, 0.15) is 5.39 Å². The van der Waals surface area contributed by atoms with Gasteiger partial charge in [-0.2, -0.15) is 5.10 Å². The van der Waals surface area contributed by atoms with Crippen LogP contribution in [0.3, 0.4) is 0 Å². The number of amides is 1. The first kappa shape index (κ1) is 20.3. The summed E-state index contributed by atoms with van der Waals surface area (Å²) in [6.07, 6.45) is 5.25. The molecule has 1 aromatic carbocycles. The van der Waals surface area contributed by atoms with Crippen LogP contribution in [0.1, 0.15) is 49.8 Å². The summed E-state index contributed by atoms with van der Waals surface area (Å²) >= 11 is 1.55. The molecule has 162 valence electrons. The molecule has 2 aliphatic rings. The molecule has 8 heteroatoms. The van der Waals surface area contributed by atoms with Crippen molar-refractivity contribution in [1.29, 1.82) is 0 Å². The van der Waals surface area contributed by atoms with Gasteiger partial charge >= 0.3 is 0 Å². The van der Waals surface area contributed by atoms with Gasteiger partial charge in [-0.05, 0) is 51.7 Å². The Morgan fingerprint density at radius 2 is 2.10 bits per heavy atom. The minimum absolute atomic E-state index is 0.106. The number of rotatable bonds is 3. The number of hydrogen-bond acceptors (Lipinski definition) is 5. The lowest BCUT2D eigenvalue weighted by Gasteiger charge is -2.34. The molecule has 1 fully saturated rings. The van der Waals surface area contributed by atoms with Crippen molar-refractivity contribution in [2.45, 2.75) is 63.7 Å². The van der Waals surface area contributed by atoms with E-state index in [1.54, 1.807) is 27.2 Å². The van der Waals surface area contributed by atoms with Crippen LogP contribution < -0.4 is 5.56 Å². The summed E-state index contributed by atoms with van der Waals surface area (Å²) in [5, 5.41) is 5.65. The van der Waals surface area contributed by atoms with Crippen LogP contribution in [0.2, 0.25) is 0 Å². The van der Waals surface area contributed by atoms with Gasteiger partial charge in [-0.3, -0.25) is 14.2 Å². The van der Waals surface area contributed by atoms with Crippen molar-refractivity contribution in [2.24, 2.45) is 0 Å². The van der Waals surface area contributed by atoms with Crippen LogP contribution in [0.25, 0.3) is 16.7 Å². The third-order valence-electron chi connectivity index (χ3n) is 6.48. The fourth-order valence-electron chi connectivity index (χ4n) is 4.79. The number of fused-ring (bicyclic) bond motifs is 2. The van der Waals surface area contributed by atoms with Crippen LogP contribution in [0, 0.1) is 13.8 Å². The first-order chi connectivity index (χ1) is 14.9. The third kappa shape index (κ3) is 3.46. The second kappa shape index (κ2) is 7.82. The molecule has 2 aromatic heterocycles. The zero-order valence-electron chi connectivity index (χ0n) is 18.2. The maximum Gasteiger partial charge on any atom is 0.265 e. The lowest BCUT2D eigenvalue weighted by Crippen LogP contribution is -2.43. The minimum Gasteiger partial charge on any atom is -0.340 e. The number of carbonyl (C=O) groups is 1. The predicted octanol–water partition coefficient (Wildman–Crippen LogP) is 3.64. The van der Waals surface area contributed by atoms with E-state index in [-0.39, 0.29) is 23.6 Å². The second-order valence-corrected chi connectivity index (χ2v) is 9.74. The molecule has 1 saturated heterocycles. The molecule has 3 aromatic rings. The molecule has 31 heavy (non-hydrogen) atoms. The first-order valence-corrected chi connectivity index (χ1v) is 11.9. The molecule has 0 radical (unpaired) electrons. The smallest absolute Gasteiger partial charge is 0.265 e. The monoisotopic (exact) mass is 437 g/mol. The van der Waals surface area contributed by atoms with Gasteiger partial charge in [0.15, 0.2) is 10.8 Å². The first-order valence-electron chi connectivity index (χ1n) is 10.9. The van der Waals surface area contributed by atoms with Crippen LogP contribution in [-0.4, -0.2) is 48.5 Å². The van der Waals surface area contributed by atoms with Crippen LogP contribution in [0.5, 0.6) is 0 Å². The Labute approximate surface area is 185 Å². The maximum atomic E-state index is 13.4. The molecule has 2 aliphatic heterocycles. The Kier molecular flexibility index (Phi) is 5.12. The molecule has 0 N–H and O–H groups in total. The van der Waals surface area contributed by atoms with Gasteiger partial charge in [-0.15, -0.1) is 0 Å². The van der Waals surface area contributed by atoms with Crippen molar-refractivity contribution < 1.29 is 4.79 Å². The van der Waals surface area contributed by atoms with Crippen molar-refractivity contribution in [1.82, 2.24) is 24.2 Å². The highest BCUT2D eigenvalue weighted by Gasteiger charge is 2.32. The molecular weight excluding hydrogens is 410 g/mol. The Hall–Kier alpha value is -2.61. The quantitative estimate of drug-likeness (QED) is 0.585. The SMILES string of the molecule is Cc1ccc(-n2ncc3c(=O)n4c(nc32)SCC4CC(=O)N2CCCCC2C)c(C)c1. The Bertz CT molecular complexity index is 1230. The zero-order valence-corrected chi connectivity index (χ0v) is 19.0. The molecular formula is C23H27N5O2S. The number of carbonyl (C=O) groups excluding carboxylic acids is 1. The number of aromatic nitrogens is 4. The molecule has 1 amide bonds. The van der Waals surface area contributed by atoms with Crippen molar-refractivity contribution in [3.8, 4) is 5.69 Å². The molecule has 0 saturated carbocycles. The average Bonchev–Trinajstić information content (AvgIpc) is 3.33. The van der Waals surface area contributed by atoms with Crippen molar-refractivity contribution >= 4 is 28.7 Å². The van der Waals surface area contributed by atoms with E-state index in [4.69, 9.17) is 4.98 Å². The molecule has 5 rings (SSSR count). The van der Waals surface area contributed by atoms with E-state index in [2.05, 4.69) is 25.0 Å². The van der Waals surface area contributed by atoms with E-state index in [0.717, 1.165) is 30.6 Å². The van der Waals surface area contributed by atoms with Gasteiger partial charge in [0.25, 0.3) is 5.56 Å². The standard InChI is InChI=1S/C23H27N5O2S/c1-14-7-8-19(15(2)10-14)28-21-18(12-24-28)22(30)27-17(13-31-23(27)25-21)11-20(29)26-9-5-4-6-16(26)3/h7-8,10,12,16-17H,4-6,9,11,13H2,1-3H3. The summed E-state index contributed by atoms with van der Waals surface area (Å²) in [7, 11) is 0. The van der Waals surface area contributed by atoms with Crippen LogP contribution in [-0.2, 0) is 4.79 Å². The summed E-state index contributed by atoms with van der Waals surface area (Å²) in [6.45, 7) is 7.03. The van der Waals surface area contributed by atoms with Crippen molar-refractivity contribution in [3.05, 3.63) is 45.9 Å². The Balaban J connectivity index is 1.50. The van der Waals surface area contributed by atoms with E-state index >= 15 is 0 Å². The summed E-state index contributed by atoms with van der Waals surface area (Å²) < 4.78 is 3.47. The topological polar surface area (TPSA) is 73.0 Å². The maximum absolute atomic E-state index is 13.4. The number of nitrogens with zero attached hydrogens (tertiary/aromatic N) is 5. The van der Waals surface area contributed by atoms with Crippen molar-refractivity contribution in [2.75, 3.05) is 12.3 Å². The van der Waals surface area contributed by atoms with Gasteiger partial charge in [0.2, 0.25) is 5.91 Å². The van der Waals surface area contributed by atoms with E-state index in [1.807, 2.05) is 24.0 Å². The largest absolute Gasteiger partial charge is 0.340 e. The fraction of sp³-hybridized carbons (Fsp3) is 0.478. The highest BCUT2D eigenvalue weighted by molar-refractivity contribution is 7.99. The van der Waals surface area contributed by atoms with Gasteiger partial charge in [0.05, 0.1) is 17.9 Å². The Morgan fingerprint density at radius 3 is 2.87 bits per heavy atom. The fourth-order valence-corrected chi connectivity index (χ4v) is 5.92. The molecule has 0 spiro atoms. The molecule has 2 unspecified atom stereocenters. The van der Waals surface area contributed by atoms with E-state index < -0.39 is 0 Å². The summed E-state index contributed by atoms with van der Waals surface area (Å²) in [5.74, 6) is 0.836. The normalized spacial score (nSPS) is 20.9. The van der Waals surface area contributed by atoms with E-state index in [1.165, 1.54) is 12.0 Å². The number of piperidine rings is 1. The van der Waals surface area contributed by atoms with Crippen LogP contribution >= 0.6 is 11.8 Å². The summed E-state index contributed by atoms with van der Waals surface area (Å²) in [5.41, 5.74) is 3.65. The van der Waals surface area contributed by atoms with Crippen LogP contribution in [0.4, 0.5) is 0 Å². The molecule has 4 heterocycles. The highest BCUT2D eigenvalue weighted by atomic mass is 32.2. The number of hydrogen-bond donors (Lipinski definition) is 0. The third-order valence-corrected chi connectivity index (χ3v) is 7.58. The number of thioether (sulfide) groups is 1. The van der Waals surface area contributed by atoms with E-state index in [9.17, 15) is 9.59 Å². The second-order valence-electron chi connectivity index (χ2n) is 8.75. The van der Waals surface area contributed by atoms with Crippen LogP contribution in [0.15, 0.2) is 34.3 Å². The van der Waals surface area contributed by atoms with Gasteiger partial charge in [-0.1, -0.05) is 29.5 Å². The molecule has 0 aliphatic carbocycles. The van der Waals surface area contributed by atoms with Gasteiger partial charge in [0, 0.05) is 24.8 Å². The zero-order chi connectivity index (χ0) is 21.7. The molecule has 7 nitrogen and oxygen atoms in total. The Morgan fingerprint density at radius 1 is 1.26 bits per heavy atom. The number of likely N-dealkylation sites (tertiary alicyclic amines) is 1. The summed E-state index contributed by atoms with van der Waals surface area (Å²) in [4.78, 5) is 33.1. The van der Waals surface area contributed by atoms with E-state index in [0.29, 0.717) is 28.4 Å². The number of aryl methyl sites for hydroxylation is 2. The minimum atomic E-state index is -0.157. The average molecular weight is 438 g/mol. The number of benzene rings is 1.